The molecule has 10 nitrogen and oxygen atoms in total. The average Bonchev–Trinajstić information content (AvgIpc) is 2.86. The summed E-state index contributed by atoms with van der Waals surface area (Å²) in [4.78, 5) is 43.0. The first kappa shape index (κ1) is 32.5. The Morgan fingerprint density at radius 3 is 2.44 bits per heavy atom. The number of halogens is 3. The smallest absolute Gasteiger partial charge is 0.417 e. The Hall–Kier alpha value is -3.06. The predicted molar refractivity (Wildman–Crippen MR) is 144 cm³/mol. The SMILES string of the molecule is COCCCCN1C(=O)C(C)(C(C)(C)O)Oc2cc(C(F)(F)F)c(C(=O)N(C(C)C)[C@@H]3CCCN(C(=O)O)C3)cc21. The van der Waals surface area contributed by atoms with E-state index in [1.807, 2.05) is 0 Å². The summed E-state index contributed by atoms with van der Waals surface area (Å²) in [7, 11) is 1.53. The molecule has 2 heterocycles. The number of piperidine rings is 1. The van der Waals surface area contributed by atoms with Crippen LogP contribution in [0.1, 0.15) is 76.2 Å². The van der Waals surface area contributed by atoms with E-state index in [1.165, 1.54) is 37.7 Å². The average molecular weight is 588 g/mol. The normalized spacial score (nSPS) is 21.5. The van der Waals surface area contributed by atoms with E-state index in [0.717, 1.165) is 11.0 Å². The molecule has 0 saturated carbocycles. The van der Waals surface area contributed by atoms with Crippen molar-refractivity contribution in [3.63, 3.8) is 0 Å². The van der Waals surface area contributed by atoms with Crippen molar-refractivity contribution in [1.82, 2.24) is 9.80 Å². The molecule has 2 atom stereocenters. The highest BCUT2D eigenvalue weighted by Crippen LogP contribution is 2.46. The van der Waals surface area contributed by atoms with E-state index < -0.39 is 58.5 Å². The van der Waals surface area contributed by atoms with Crippen molar-refractivity contribution in [2.75, 3.05) is 38.3 Å². The number of carboxylic acid groups (broad SMARTS) is 1. The molecule has 0 aliphatic carbocycles. The van der Waals surface area contributed by atoms with Crippen molar-refractivity contribution >= 4 is 23.6 Å². The number of alkyl halides is 3. The molecule has 41 heavy (non-hydrogen) atoms. The van der Waals surface area contributed by atoms with Crippen LogP contribution in [0.3, 0.4) is 0 Å². The Kier molecular flexibility index (Phi) is 9.53. The van der Waals surface area contributed by atoms with Gasteiger partial charge in [-0.25, -0.2) is 4.79 Å². The van der Waals surface area contributed by atoms with Crippen LogP contribution >= 0.6 is 0 Å². The van der Waals surface area contributed by atoms with Crippen molar-refractivity contribution < 1.29 is 47.2 Å². The number of hydrogen-bond acceptors (Lipinski definition) is 6. The topological polar surface area (TPSA) is 120 Å². The Labute approximate surface area is 238 Å². The summed E-state index contributed by atoms with van der Waals surface area (Å²) in [5.74, 6) is -1.86. The fraction of sp³-hybridized carbons (Fsp3) is 0.679. The van der Waals surface area contributed by atoms with Gasteiger partial charge in [0.2, 0.25) is 5.60 Å². The number of carbonyl (C=O) groups excluding carboxylic acids is 2. The lowest BCUT2D eigenvalue weighted by atomic mass is 9.84. The molecule has 1 fully saturated rings. The summed E-state index contributed by atoms with van der Waals surface area (Å²) >= 11 is 0. The van der Waals surface area contributed by atoms with Gasteiger partial charge in [0.05, 0.1) is 22.9 Å². The van der Waals surface area contributed by atoms with Gasteiger partial charge in [0.1, 0.15) is 11.4 Å². The van der Waals surface area contributed by atoms with Crippen molar-refractivity contribution in [1.29, 1.82) is 0 Å². The number of likely N-dealkylation sites (tertiary alicyclic amines) is 1. The van der Waals surface area contributed by atoms with E-state index in [1.54, 1.807) is 13.8 Å². The minimum absolute atomic E-state index is 0.00925. The van der Waals surface area contributed by atoms with Crippen LogP contribution in [-0.2, 0) is 15.7 Å². The highest BCUT2D eigenvalue weighted by atomic mass is 19.4. The van der Waals surface area contributed by atoms with Crippen LogP contribution in [0.25, 0.3) is 0 Å². The summed E-state index contributed by atoms with van der Waals surface area (Å²) in [6.45, 7) is 8.07. The number of amides is 3. The third-order valence-electron chi connectivity index (χ3n) is 7.89. The van der Waals surface area contributed by atoms with Gasteiger partial charge in [0.15, 0.2) is 0 Å². The molecule has 0 spiro atoms. The maximum atomic E-state index is 14.5. The van der Waals surface area contributed by atoms with Gasteiger partial charge in [-0.2, -0.15) is 13.2 Å². The second-order valence-corrected chi connectivity index (χ2v) is 11.5. The third kappa shape index (κ3) is 6.56. The number of unbranched alkanes of at least 4 members (excludes halogenated alkanes) is 1. The molecule has 1 aromatic rings. The van der Waals surface area contributed by atoms with Gasteiger partial charge in [0, 0.05) is 39.4 Å². The summed E-state index contributed by atoms with van der Waals surface area (Å²) in [5, 5.41) is 20.3. The van der Waals surface area contributed by atoms with Gasteiger partial charge in [-0.05, 0) is 72.4 Å². The van der Waals surface area contributed by atoms with Crippen LogP contribution < -0.4 is 9.64 Å². The van der Waals surface area contributed by atoms with E-state index in [2.05, 4.69) is 0 Å². The van der Waals surface area contributed by atoms with E-state index in [0.29, 0.717) is 38.4 Å². The van der Waals surface area contributed by atoms with Crippen LogP contribution in [0.15, 0.2) is 12.1 Å². The molecule has 3 amide bonds. The van der Waals surface area contributed by atoms with Crippen molar-refractivity contribution in [2.45, 2.75) is 89.8 Å². The van der Waals surface area contributed by atoms with Gasteiger partial charge >= 0.3 is 12.3 Å². The molecule has 0 radical (unpaired) electrons. The molecule has 0 bridgehead atoms. The lowest BCUT2D eigenvalue weighted by molar-refractivity contribution is -0.157. The van der Waals surface area contributed by atoms with Crippen molar-refractivity contribution in [3.8, 4) is 5.75 Å². The van der Waals surface area contributed by atoms with Crippen LogP contribution in [0.2, 0.25) is 0 Å². The number of hydrogen-bond donors (Lipinski definition) is 2. The van der Waals surface area contributed by atoms with Crippen LogP contribution in [0, 0.1) is 0 Å². The number of rotatable bonds is 9. The second-order valence-electron chi connectivity index (χ2n) is 11.5. The summed E-state index contributed by atoms with van der Waals surface area (Å²) in [6, 6.07) is 0.571. The van der Waals surface area contributed by atoms with Crippen LogP contribution in [0.4, 0.5) is 23.7 Å². The Balaban J connectivity index is 2.17. The maximum Gasteiger partial charge on any atom is 0.417 e. The van der Waals surface area contributed by atoms with E-state index in [-0.39, 0.29) is 31.1 Å². The van der Waals surface area contributed by atoms with Gasteiger partial charge in [0.25, 0.3) is 11.8 Å². The number of anilines is 1. The monoisotopic (exact) mass is 587 g/mol. The first-order chi connectivity index (χ1) is 18.9. The second kappa shape index (κ2) is 12.0. The van der Waals surface area contributed by atoms with E-state index in [4.69, 9.17) is 9.47 Å². The molecule has 2 N–H and O–H groups in total. The van der Waals surface area contributed by atoms with Crippen LogP contribution in [0.5, 0.6) is 5.75 Å². The summed E-state index contributed by atoms with van der Waals surface area (Å²) in [5.41, 5.74) is -5.58. The van der Waals surface area contributed by atoms with Gasteiger partial charge in [-0.1, -0.05) is 0 Å². The van der Waals surface area contributed by atoms with Crippen molar-refractivity contribution in [2.24, 2.45) is 0 Å². The quantitative estimate of drug-likeness (QED) is 0.412. The van der Waals surface area contributed by atoms with E-state index >= 15 is 0 Å². The number of fused-ring (bicyclic) bond motifs is 1. The molecule has 1 unspecified atom stereocenters. The Morgan fingerprint density at radius 2 is 1.90 bits per heavy atom. The van der Waals surface area contributed by atoms with Gasteiger partial charge < -0.3 is 34.4 Å². The highest BCUT2D eigenvalue weighted by Gasteiger charge is 2.55. The van der Waals surface area contributed by atoms with E-state index in [9.17, 15) is 37.8 Å². The minimum Gasteiger partial charge on any atom is -0.472 e. The molecule has 230 valence electrons. The summed E-state index contributed by atoms with van der Waals surface area (Å²) < 4.78 is 54.4. The molecule has 1 aromatic carbocycles. The molecule has 13 heteroatoms. The zero-order valence-corrected chi connectivity index (χ0v) is 24.4. The number of carbonyl (C=O) groups is 3. The van der Waals surface area contributed by atoms with Gasteiger partial charge in [-0.3, -0.25) is 9.59 Å². The standard InChI is InChI=1S/C28H40F3N3O7/c1-17(2)34(18-10-9-11-32(16-18)25(37)38)23(35)19-14-21-22(15-20(19)28(29,30)31)41-27(5,26(3,4)39)24(36)33(21)12-7-8-13-40-6/h14-15,17-18,39H,7-13,16H2,1-6H3,(H,37,38)/t18-,27?/m1/s1. The summed E-state index contributed by atoms with van der Waals surface area (Å²) in [6.07, 6.45) is -4.23. The lowest BCUT2D eigenvalue weighted by Gasteiger charge is -2.46. The zero-order chi connectivity index (χ0) is 30.9. The predicted octanol–water partition coefficient (Wildman–Crippen LogP) is 4.38. The minimum atomic E-state index is -4.96. The number of methoxy groups -OCH3 is 1. The number of aliphatic hydroxyl groups is 1. The molecule has 2 aliphatic rings. The highest BCUT2D eigenvalue weighted by molar-refractivity contribution is 6.06. The number of nitrogens with zero attached hydrogens (tertiary/aromatic N) is 3. The fourth-order valence-corrected chi connectivity index (χ4v) is 5.34. The van der Waals surface area contributed by atoms with Crippen LogP contribution in [-0.4, -0.2) is 94.6 Å². The molecular weight excluding hydrogens is 547 g/mol. The fourth-order valence-electron chi connectivity index (χ4n) is 5.34. The Bertz CT molecular complexity index is 1150. The first-order valence-corrected chi connectivity index (χ1v) is 13.7. The van der Waals surface area contributed by atoms with Crippen molar-refractivity contribution in [3.05, 3.63) is 23.3 Å². The number of benzene rings is 1. The molecule has 3 rings (SSSR count). The third-order valence-corrected chi connectivity index (χ3v) is 7.89. The maximum absolute atomic E-state index is 14.5. The largest absolute Gasteiger partial charge is 0.472 e. The first-order valence-electron chi connectivity index (χ1n) is 13.7. The molecule has 2 aliphatic heterocycles. The molecule has 0 aromatic heterocycles. The Morgan fingerprint density at radius 1 is 1.24 bits per heavy atom. The number of ether oxygens (including phenoxy) is 2. The lowest BCUT2D eigenvalue weighted by Crippen LogP contribution is -2.65. The molecular formula is C28H40F3N3O7. The van der Waals surface area contributed by atoms with Gasteiger partial charge in [-0.15, -0.1) is 0 Å². The zero-order valence-electron chi connectivity index (χ0n) is 24.4. The molecule has 1 saturated heterocycles.